The van der Waals surface area contributed by atoms with E-state index in [0.717, 1.165) is 24.4 Å². The number of carbonyl (C=O) groups is 1. The Morgan fingerprint density at radius 1 is 1.32 bits per heavy atom. The van der Waals surface area contributed by atoms with Crippen LogP contribution >= 0.6 is 0 Å². The van der Waals surface area contributed by atoms with Crippen molar-refractivity contribution in [1.82, 2.24) is 14.6 Å². The molecule has 2 aromatic rings. The summed E-state index contributed by atoms with van der Waals surface area (Å²) in [6.45, 7) is 3.33. The Morgan fingerprint density at radius 3 is 3.05 bits per heavy atom. The van der Waals surface area contributed by atoms with Gasteiger partial charge in [0.1, 0.15) is 6.07 Å². The van der Waals surface area contributed by atoms with Gasteiger partial charge >= 0.3 is 0 Å². The quantitative estimate of drug-likeness (QED) is 0.916. The lowest BCUT2D eigenvalue weighted by molar-refractivity contribution is 0.0909. The van der Waals surface area contributed by atoms with Crippen LogP contribution in [0.4, 0.5) is 0 Å². The third-order valence-electron chi connectivity index (χ3n) is 4.84. The molecule has 0 radical (unpaired) electrons. The molecule has 5 heteroatoms. The van der Waals surface area contributed by atoms with E-state index in [0.29, 0.717) is 11.1 Å². The molecule has 1 amide bonds. The fraction of sp³-hybridized carbons (Fsp3) is 0.412. The molecule has 1 N–H and O–H groups in total. The molecule has 2 bridgehead atoms. The van der Waals surface area contributed by atoms with Crippen LogP contribution in [0.1, 0.15) is 28.8 Å². The SMILES string of the molecule is N#Cc1ccn2cc(C(=O)NC3CC4CCN(C4)C3)ccc12. The summed E-state index contributed by atoms with van der Waals surface area (Å²) in [5.41, 5.74) is 2.10. The molecular weight excluding hydrogens is 276 g/mol. The average Bonchev–Trinajstić information content (AvgIpc) is 3.09. The van der Waals surface area contributed by atoms with E-state index in [-0.39, 0.29) is 11.9 Å². The first-order valence-corrected chi connectivity index (χ1v) is 7.77. The predicted octanol–water partition coefficient (Wildman–Crippen LogP) is 1.63. The molecule has 0 saturated carbocycles. The molecule has 112 valence electrons. The highest BCUT2D eigenvalue weighted by Crippen LogP contribution is 2.26. The summed E-state index contributed by atoms with van der Waals surface area (Å²) in [4.78, 5) is 14.9. The topological polar surface area (TPSA) is 60.5 Å². The Labute approximate surface area is 129 Å². The number of piperidine rings is 1. The maximum absolute atomic E-state index is 12.5. The summed E-state index contributed by atoms with van der Waals surface area (Å²) in [5, 5.41) is 12.2. The van der Waals surface area contributed by atoms with Crippen molar-refractivity contribution in [1.29, 1.82) is 5.26 Å². The second kappa shape index (κ2) is 5.15. The highest BCUT2D eigenvalue weighted by atomic mass is 16.1. The van der Waals surface area contributed by atoms with Crippen LogP contribution in [0.3, 0.4) is 0 Å². The van der Waals surface area contributed by atoms with Crippen LogP contribution in [0.2, 0.25) is 0 Å². The van der Waals surface area contributed by atoms with Gasteiger partial charge in [0.25, 0.3) is 5.91 Å². The molecule has 3 unspecified atom stereocenters. The molecule has 2 aromatic heterocycles. The van der Waals surface area contributed by atoms with Gasteiger partial charge in [-0.25, -0.2) is 0 Å². The van der Waals surface area contributed by atoms with Crippen LogP contribution in [0.15, 0.2) is 30.6 Å². The van der Waals surface area contributed by atoms with Gasteiger partial charge in [-0.05, 0) is 43.5 Å². The molecule has 4 rings (SSSR count). The Hall–Kier alpha value is -2.32. The van der Waals surface area contributed by atoms with Crippen LogP contribution in [0.25, 0.3) is 5.52 Å². The molecular formula is C17H18N4O. The van der Waals surface area contributed by atoms with Crippen molar-refractivity contribution in [3.63, 3.8) is 0 Å². The Balaban J connectivity index is 1.52. The van der Waals surface area contributed by atoms with Crippen molar-refractivity contribution in [3.05, 3.63) is 41.7 Å². The van der Waals surface area contributed by atoms with E-state index >= 15 is 0 Å². The van der Waals surface area contributed by atoms with Crippen LogP contribution < -0.4 is 5.32 Å². The first-order valence-electron chi connectivity index (χ1n) is 7.77. The third kappa shape index (κ3) is 2.26. The van der Waals surface area contributed by atoms with Crippen LogP contribution in [0, 0.1) is 17.2 Å². The minimum atomic E-state index is -0.0263. The van der Waals surface area contributed by atoms with E-state index in [1.54, 1.807) is 18.3 Å². The van der Waals surface area contributed by atoms with Crippen molar-refractivity contribution in [3.8, 4) is 6.07 Å². The van der Waals surface area contributed by atoms with Crippen LogP contribution in [0.5, 0.6) is 0 Å². The summed E-state index contributed by atoms with van der Waals surface area (Å²) in [7, 11) is 0. The summed E-state index contributed by atoms with van der Waals surface area (Å²) in [6.07, 6.45) is 5.96. The first-order chi connectivity index (χ1) is 10.7. The molecule has 2 fully saturated rings. The van der Waals surface area contributed by atoms with Gasteiger partial charge in [0.05, 0.1) is 16.6 Å². The van der Waals surface area contributed by atoms with E-state index < -0.39 is 0 Å². The zero-order valence-electron chi connectivity index (χ0n) is 12.3. The smallest absolute Gasteiger partial charge is 0.253 e. The number of hydrogen-bond acceptors (Lipinski definition) is 3. The van der Waals surface area contributed by atoms with Crippen molar-refractivity contribution in [2.75, 3.05) is 19.6 Å². The van der Waals surface area contributed by atoms with Gasteiger partial charge in [-0.15, -0.1) is 0 Å². The molecule has 0 spiro atoms. The number of rotatable bonds is 2. The van der Waals surface area contributed by atoms with Gasteiger partial charge in [-0.2, -0.15) is 5.26 Å². The van der Waals surface area contributed by atoms with Crippen LogP contribution in [-0.2, 0) is 0 Å². The van der Waals surface area contributed by atoms with Crippen molar-refractivity contribution >= 4 is 11.4 Å². The average molecular weight is 294 g/mol. The van der Waals surface area contributed by atoms with Gasteiger partial charge in [-0.1, -0.05) is 0 Å². The summed E-state index contributed by atoms with van der Waals surface area (Å²) >= 11 is 0. The van der Waals surface area contributed by atoms with Gasteiger partial charge in [0.2, 0.25) is 0 Å². The highest BCUT2D eigenvalue weighted by Gasteiger charge is 2.32. The van der Waals surface area contributed by atoms with E-state index in [1.165, 1.54) is 19.5 Å². The summed E-state index contributed by atoms with van der Waals surface area (Å²) < 4.78 is 1.83. The number of nitriles is 1. The number of nitrogens with zero attached hydrogens (tertiary/aromatic N) is 3. The highest BCUT2D eigenvalue weighted by molar-refractivity contribution is 5.94. The Kier molecular flexibility index (Phi) is 3.12. The first kappa shape index (κ1) is 13.4. The summed E-state index contributed by atoms with van der Waals surface area (Å²) in [5.74, 6) is 0.714. The fourth-order valence-corrected chi connectivity index (χ4v) is 3.77. The van der Waals surface area contributed by atoms with E-state index in [9.17, 15) is 4.79 Å². The second-order valence-corrected chi connectivity index (χ2v) is 6.37. The maximum atomic E-state index is 12.5. The van der Waals surface area contributed by atoms with Crippen molar-refractivity contribution in [2.45, 2.75) is 18.9 Å². The van der Waals surface area contributed by atoms with Gasteiger partial charge in [-0.3, -0.25) is 4.79 Å². The molecule has 0 aliphatic carbocycles. The van der Waals surface area contributed by atoms with Gasteiger partial charge in [0.15, 0.2) is 0 Å². The molecule has 2 aliphatic rings. The molecule has 2 saturated heterocycles. The molecule has 22 heavy (non-hydrogen) atoms. The monoisotopic (exact) mass is 294 g/mol. The number of carbonyl (C=O) groups excluding carboxylic acids is 1. The minimum absolute atomic E-state index is 0.0263. The molecule has 4 heterocycles. The summed E-state index contributed by atoms with van der Waals surface area (Å²) in [6, 6.07) is 7.80. The van der Waals surface area contributed by atoms with E-state index in [2.05, 4.69) is 16.3 Å². The largest absolute Gasteiger partial charge is 0.348 e. The van der Waals surface area contributed by atoms with Gasteiger partial charge in [0, 0.05) is 31.5 Å². The molecule has 5 nitrogen and oxygen atoms in total. The lowest BCUT2D eigenvalue weighted by Gasteiger charge is -2.30. The maximum Gasteiger partial charge on any atom is 0.253 e. The van der Waals surface area contributed by atoms with Crippen LogP contribution in [-0.4, -0.2) is 40.9 Å². The lowest BCUT2D eigenvalue weighted by atomic mass is 9.96. The van der Waals surface area contributed by atoms with Crippen molar-refractivity contribution < 1.29 is 4.79 Å². The number of pyridine rings is 1. The zero-order chi connectivity index (χ0) is 15.1. The molecule has 0 aromatic carbocycles. The second-order valence-electron chi connectivity index (χ2n) is 6.37. The Bertz CT molecular complexity index is 761. The number of nitrogens with one attached hydrogen (secondary N) is 1. The third-order valence-corrected chi connectivity index (χ3v) is 4.84. The number of fused-ring (bicyclic) bond motifs is 3. The lowest BCUT2D eigenvalue weighted by Crippen LogP contribution is -2.47. The van der Waals surface area contributed by atoms with Gasteiger partial charge < -0.3 is 14.6 Å². The van der Waals surface area contributed by atoms with E-state index in [4.69, 9.17) is 5.26 Å². The predicted molar refractivity (Wildman–Crippen MR) is 82.5 cm³/mol. The zero-order valence-corrected chi connectivity index (χ0v) is 12.3. The number of hydrogen-bond donors (Lipinski definition) is 1. The molecule has 2 aliphatic heterocycles. The Morgan fingerprint density at radius 2 is 2.23 bits per heavy atom. The normalized spacial score (nSPS) is 26.8. The number of amides is 1. The molecule has 3 atom stereocenters. The number of aromatic nitrogens is 1. The standard InChI is InChI=1S/C17H18N4O/c18-8-13-4-6-21-10-14(1-2-16(13)21)17(22)19-15-7-12-3-5-20(9-12)11-15/h1-2,4,6,10,12,15H,3,5,7,9,11H2,(H,19,22). The fourth-order valence-electron chi connectivity index (χ4n) is 3.77. The minimum Gasteiger partial charge on any atom is -0.348 e. The van der Waals surface area contributed by atoms with E-state index in [1.807, 2.05) is 16.7 Å². The van der Waals surface area contributed by atoms with Crippen molar-refractivity contribution in [2.24, 2.45) is 5.92 Å².